The smallest absolute Gasteiger partial charge is 0.338 e. The van der Waals surface area contributed by atoms with Crippen LogP contribution in [0.1, 0.15) is 16.4 Å². The molecule has 2 heterocycles. The predicted molar refractivity (Wildman–Crippen MR) is 63.8 cm³/mol. The Balaban J connectivity index is 2.47. The van der Waals surface area contributed by atoms with Gasteiger partial charge in [-0.15, -0.1) is 11.8 Å². The van der Waals surface area contributed by atoms with Crippen LogP contribution in [0.4, 0.5) is 0 Å². The Labute approximate surface area is 107 Å². The second kappa shape index (κ2) is 4.85. The number of thioether (sulfide) groups is 1. The van der Waals surface area contributed by atoms with Crippen LogP contribution in [0.5, 0.6) is 0 Å². The molecule has 6 nitrogen and oxygen atoms in total. The molecule has 1 aliphatic heterocycles. The van der Waals surface area contributed by atoms with Gasteiger partial charge in [0, 0.05) is 11.8 Å². The first-order chi connectivity index (χ1) is 8.58. The summed E-state index contributed by atoms with van der Waals surface area (Å²) in [5.41, 5.74) is -0.222. The molecule has 0 spiro atoms. The first-order valence-electron chi connectivity index (χ1n) is 5.14. The molecule has 1 atom stereocenters. The molecule has 2 rings (SSSR count). The van der Waals surface area contributed by atoms with E-state index in [0.29, 0.717) is 10.8 Å². The van der Waals surface area contributed by atoms with Crippen molar-refractivity contribution in [2.75, 3.05) is 20.0 Å². The summed E-state index contributed by atoms with van der Waals surface area (Å²) >= 11 is 1.33. The Morgan fingerprint density at radius 3 is 2.67 bits per heavy atom. The Morgan fingerprint density at radius 1 is 1.33 bits per heavy atom. The molecule has 0 amide bonds. The van der Waals surface area contributed by atoms with E-state index in [0.717, 1.165) is 6.07 Å². The minimum atomic E-state index is -0.630. The average molecular weight is 269 g/mol. The molecular formula is C11H11NO5S. The number of hydrogen-bond donors (Lipinski definition) is 0. The van der Waals surface area contributed by atoms with Crippen molar-refractivity contribution in [2.24, 2.45) is 0 Å². The van der Waals surface area contributed by atoms with Crippen LogP contribution in [0.3, 0.4) is 0 Å². The summed E-state index contributed by atoms with van der Waals surface area (Å²) in [5, 5.41) is 0.568. The van der Waals surface area contributed by atoms with E-state index in [1.165, 1.54) is 30.5 Å². The number of pyridine rings is 1. The summed E-state index contributed by atoms with van der Waals surface area (Å²) in [4.78, 5) is 34.8. The van der Waals surface area contributed by atoms with Crippen LogP contribution >= 0.6 is 11.8 Å². The number of aromatic nitrogens is 1. The van der Waals surface area contributed by atoms with Gasteiger partial charge in [-0.25, -0.2) is 9.59 Å². The maximum Gasteiger partial charge on any atom is 0.338 e. The van der Waals surface area contributed by atoms with Gasteiger partial charge in [-0.1, -0.05) is 0 Å². The maximum absolute atomic E-state index is 11.9. The van der Waals surface area contributed by atoms with E-state index < -0.39 is 23.5 Å². The van der Waals surface area contributed by atoms with E-state index in [1.54, 1.807) is 6.07 Å². The Kier molecular flexibility index (Phi) is 3.42. The molecule has 0 fully saturated rings. The highest BCUT2D eigenvalue weighted by Crippen LogP contribution is 2.32. The molecule has 0 aliphatic carbocycles. The zero-order valence-electron chi connectivity index (χ0n) is 9.84. The number of nitrogens with zero attached hydrogens (tertiary/aromatic N) is 1. The van der Waals surface area contributed by atoms with Crippen molar-refractivity contribution in [2.45, 2.75) is 11.1 Å². The lowest BCUT2D eigenvalue weighted by Gasteiger charge is -2.11. The quantitative estimate of drug-likeness (QED) is 0.726. The molecule has 1 aromatic rings. The minimum Gasteiger partial charge on any atom is -0.467 e. The third kappa shape index (κ3) is 2.01. The largest absolute Gasteiger partial charge is 0.467 e. The lowest BCUT2D eigenvalue weighted by Crippen LogP contribution is -2.29. The molecule has 96 valence electrons. The van der Waals surface area contributed by atoms with Crippen molar-refractivity contribution in [3.8, 4) is 0 Å². The molecule has 7 heteroatoms. The number of carbonyl (C=O) groups is 2. The third-order valence-corrected chi connectivity index (χ3v) is 3.72. The van der Waals surface area contributed by atoms with Crippen LogP contribution in [0.15, 0.2) is 22.0 Å². The molecular weight excluding hydrogens is 258 g/mol. The molecule has 1 aromatic heterocycles. The van der Waals surface area contributed by atoms with Crippen molar-refractivity contribution in [1.29, 1.82) is 0 Å². The van der Waals surface area contributed by atoms with Crippen LogP contribution in [0.2, 0.25) is 0 Å². The zero-order chi connectivity index (χ0) is 13.3. The molecule has 0 N–H and O–H groups in total. The van der Waals surface area contributed by atoms with Crippen LogP contribution in [0, 0.1) is 0 Å². The number of ether oxygens (including phenoxy) is 2. The van der Waals surface area contributed by atoms with Gasteiger partial charge in [0.15, 0.2) is 0 Å². The number of methoxy groups -OCH3 is 2. The molecule has 0 saturated heterocycles. The minimum absolute atomic E-state index is 0.187. The second-order valence-electron chi connectivity index (χ2n) is 3.63. The average Bonchev–Trinajstić information content (AvgIpc) is 2.81. The fourth-order valence-corrected chi connectivity index (χ4v) is 2.94. The van der Waals surface area contributed by atoms with Gasteiger partial charge in [-0.05, 0) is 6.07 Å². The lowest BCUT2D eigenvalue weighted by molar-refractivity contribution is -0.143. The van der Waals surface area contributed by atoms with Crippen molar-refractivity contribution < 1.29 is 19.1 Å². The summed E-state index contributed by atoms with van der Waals surface area (Å²) < 4.78 is 10.5. The standard InChI is InChI=1S/C11H11NO5S/c1-16-10(14)6-3-8(13)12-7(11(15)17-2)5-18-9(12)4-6/h3-4,7H,5H2,1-2H3. The first-order valence-corrected chi connectivity index (χ1v) is 6.12. The van der Waals surface area contributed by atoms with Gasteiger partial charge in [0.05, 0.1) is 24.8 Å². The fourth-order valence-electron chi connectivity index (χ4n) is 1.76. The van der Waals surface area contributed by atoms with Crippen LogP contribution < -0.4 is 5.56 Å². The predicted octanol–water partition coefficient (Wildman–Crippen LogP) is 0.455. The molecule has 1 unspecified atom stereocenters. The Morgan fingerprint density at radius 2 is 2.06 bits per heavy atom. The summed E-state index contributed by atoms with van der Waals surface area (Å²) in [6, 6.07) is 2.08. The molecule has 1 aliphatic rings. The number of carbonyl (C=O) groups excluding carboxylic acids is 2. The maximum atomic E-state index is 11.9. The molecule has 0 radical (unpaired) electrons. The van der Waals surface area contributed by atoms with Gasteiger partial charge in [-0.2, -0.15) is 0 Å². The van der Waals surface area contributed by atoms with Gasteiger partial charge in [0.1, 0.15) is 6.04 Å². The third-order valence-electron chi connectivity index (χ3n) is 2.63. The summed E-state index contributed by atoms with van der Waals surface area (Å²) in [7, 11) is 2.52. The van der Waals surface area contributed by atoms with E-state index >= 15 is 0 Å². The fraction of sp³-hybridized carbons (Fsp3) is 0.364. The van der Waals surface area contributed by atoms with Gasteiger partial charge >= 0.3 is 11.9 Å². The number of fused-ring (bicyclic) bond motifs is 1. The Bertz CT molecular complexity index is 565. The van der Waals surface area contributed by atoms with E-state index in [1.807, 2.05) is 0 Å². The Hall–Kier alpha value is -1.76. The van der Waals surface area contributed by atoms with Crippen LogP contribution in [-0.2, 0) is 14.3 Å². The van der Waals surface area contributed by atoms with E-state index in [-0.39, 0.29) is 5.56 Å². The SMILES string of the molecule is COC(=O)c1cc2n(c(=O)c1)C(C(=O)OC)CS2. The molecule has 18 heavy (non-hydrogen) atoms. The highest BCUT2D eigenvalue weighted by Gasteiger charge is 2.31. The van der Waals surface area contributed by atoms with Crippen molar-refractivity contribution in [1.82, 2.24) is 4.57 Å². The normalized spacial score (nSPS) is 17.1. The van der Waals surface area contributed by atoms with E-state index in [4.69, 9.17) is 0 Å². The summed E-state index contributed by atoms with van der Waals surface area (Å²) in [5.74, 6) is -0.612. The van der Waals surface area contributed by atoms with Gasteiger partial charge in [-0.3, -0.25) is 9.36 Å². The van der Waals surface area contributed by atoms with E-state index in [9.17, 15) is 14.4 Å². The zero-order valence-corrected chi connectivity index (χ0v) is 10.7. The molecule has 0 bridgehead atoms. The second-order valence-corrected chi connectivity index (χ2v) is 4.67. The first kappa shape index (κ1) is 12.7. The summed E-state index contributed by atoms with van der Waals surface area (Å²) in [6.45, 7) is 0. The number of rotatable bonds is 2. The molecule has 0 aromatic carbocycles. The van der Waals surface area contributed by atoms with Crippen LogP contribution in [0.25, 0.3) is 0 Å². The van der Waals surface area contributed by atoms with Crippen molar-refractivity contribution in [3.63, 3.8) is 0 Å². The lowest BCUT2D eigenvalue weighted by atomic mass is 10.2. The monoisotopic (exact) mass is 269 g/mol. The van der Waals surface area contributed by atoms with Gasteiger partial charge in [0.2, 0.25) is 0 Å². The number of esters is 2. The summed E-state index contributed by atoms with van der Waals surface area (Å²) in [6.07, 6.45) is 0. The van der Waals surface area contributed by atoms with Gasteiger partial charge in [0.25, 0.3) is 5.56 Å². The van der Waals surface area contributed by atoms with Gasteiger partial charge < -0.3 is 9.47 Å². The van der Waals surface area contributed by atoms with Crippen molar-refractivity contribution in [3.05, 3.63) is 28.0 Å². The molecule has 0 saturated carbocycles. The highest BCUT2D eigenvalue weighted by atomic mass is 32.2. The van der Waals surface area contributed by atoms with Crippen molar-refractivity contribution >= 4 is 23.7 Å². The highest BCUT2D eigenvalue weighted by molar-refractivity contribution is 7.99. The number of hydrogen-bond acceptors (Lipinski definition) is 6. The topological polar surface area (TPSA) is 74.6 Å². The van der Waals surface area contributed by atoms with Crippen LogP contribution in [-0.4, -0.2) is 36.5 Å². The van der Waals surface area contributed by atoms with E-state index in [2.05, 4.69) is 9.47 Å².